The van der Waals surface area contributed by atoms with Crippen molar-refractivity contribution < 1.29 is 23.8 Å². The van der Waals surface area contributed by atoms with E-state index < -0.39 is 5.97 Å². The normalized spacial score (nSPS) is 14.1. The van der Waals surface area contributed by atoms with Crippen molar-refractivity contribution >= 4 is 23.5 Å². The third kappa shape index (κ3) is 5.64. The molecule has 0 aromatic heterocycles. The lowest BCUT2D eigenvalue weighted by molar-refractivity contribution is -0.125. The number of esters is 1. The summed E-state index contributed by atoms with van der Waals surface area (Å²) in [5.74, 6) is 0.515. The second-order valence-corrected chi connectivity index (χ2v) is 7.57. The van der Waals surface area contributed by atoms with Gasteiger partial charge in [0.15, 0.2) is 18.1 Å². The Morgan fingerprint density at radius 2 is 1.86 bits per heavy atom. The van der Waals surface area contributed by atoms with Gasteiger partial charge < -0.3 is 19.5 Å². The summed E-state index contributed by atoms with van der Waals surface area (Å²) >= 11 is 5.88. The van der Waals surface area contributed by atoms with Gasteiger partial charge in [-0.25, -0.2) is 4.79 Å². The fourth-order valence-corrected chi connectivity index (χ4v) is 3.24. The highest BCUT2D eigenvalue weighted by Crippen LogP contribution is 2.34. The van der Waals surface area contributed by atoms with Crippen LogP contribution >= 0.6 is 11.6 Å². The largest absolute Gasteiger partial charge is 0.490 e. The zero-order valence-corrected chi connectivity index (χ0v) is 17.2. The first-order chi connectivity index (χ1) is 13.9. The molecule has 0 saturated carbocycles. The fraction of sp³-hybridized carbons (Fsp3) is 0.364. The summed E-state index contributed by atoms with van der Waals surface area (Å²) in [7, 11) is 0. The second-order valence-electron chi connectivity index (χ2n) is 7.13. The van der Waals surface area contributed by atoms with Crippen LogP contribution in [0.3, 0.4) is 0 Å². The van der Waals surface area contributed by atoms with Crippen LogP contribution in [0.2, 0.25) is 5.02 Å². The lowest BCUT2D eigenvalue weighted by Gasteiger charge is -2.23. The summed E-state index contributed by atoms with van der Waals surface area (Å²) in [5, 5.41) is 3.36. The van der Waals surface area contributed by atoms with Gasteiger partial charge in [0, 0.05) is 11.4 Å². The molecule has 1 aliphatic rings. The van der Waals surface area contributed by atoms with Gasteiger partial charge in [-0.2, -0.15) is 0 Å². The number of hydrogen-bond donors (Lipinski definition) is 1. The van der Waals surface area contributed by atoms with Crippen LogP contribution in [0.15, 0.2) is 42.5 Å². The molecule has 1 amide bonds. The van der Waals surface area contributed by atoms with Gasteiger partial charge >= 0.3 is 5.97 Å². The minimum atomic E-state index is -0.598. The molecule has 6 nitrogen and oxygen atoms in total. The Morgan fingerprint density at radius 1 is 1.10 bits per heavy atom. The molecule has 1 heterocycles. The van der Waals surface area contributed by atoms with Gasteiger partial charge in [-0.3, -0.25) is 4.79 Å². The molecule has 2 aromatic rings. The molecule has 1 aliphatic heterocycles. The Labute approximate surface area is 175 Å². The zero-order chi connectivity index (χ0) is 20.8. The summed E-state index contributed by atoms with van der Waals surface area (Å²) in [6, 6.07) is 11.8. The van der Waals surface area contributed by atoms with Crippen LogP contribution in [0.5, 0.6) is 11.5 Å². The maximum atomic E-state index is 12.4. The molecule has 0 aliphatic carbocycles. The predicted molar refractivity (Wildman–Crippen MR) is 110 cm³/mol. The van der Waals surface area contributed by atoms with Gasteiger partial charge in [-0.05, 0) is 41.8 Å². The molecule has 0 bridgehead atoms. The van der Waals surface area contributed by atoms with Crippen molar-refractivity contribution in [1.82, 2.24) is 5.32 Å². The van der Waals surface area contributed by atoms with Crippen molar-refractivity contribution in [3.05, 3.63) is 58.6 Å². The van der Waals surface area contributed by atoms with E-state index in [0.717, 1.165) is 12.0 Å². The smallest absolute Gasteiger partial charge is 0.338 e. The number of nitrogens with one attached hydrogen (secondary N) is 1. The third-order valence-corrected chi connectivity index (χ3v) is 4.74. The molecule has 0 spiro atoms. The van der Waals surface area contributed by atoms with Crippen LogP contribution < -0.4 is 14.8 Å². The first-order valence-corrected chi connectivity index (χ1v) is 9.93. The summed E-state index contributed by atoms with van der Waals surface area (Å²) in [6.45, 7) is 4.85. The van der Waals surface area contributed by atoms with Gasteiger partial charge in [0.2, 0.25) is 0 Å². The molecule has 0 fully saturated rings. The minimum absolute atomic E-state index is 0.118. The fourth-order valence-electron chi connectivity index (χ4n) is 3.05. The Bertz CT molecular complexity index is 883. The van der Waals surface area contributed by atoms with E-state index >= 15 is 0 Å². The Hall–Kier alpha value is -2.73. The first-order valence-electron chi connectivity index (χ1n) is 9.55. The Balaban J connectivity index is 1.63. The number of fused-ring (bicyclic) bond motifs is 1. The molecule has 29 heavy (non-hydrogen) atoms. The highest BCUT2D eigenvalue weighted by Gasteiger charge is 2.22. The van der Waals surface area contributed by atoms with Crippen LogP contribution in [-0.4, -0.2) is 31.7 Å². The predicted octanol–water partition coefficient (Wildman–Crippen LogP) is 4.17. The van der Waals surface area contributed by atoms with Crippen molar-refractivity contribution in [2.75, 3.05) is 19.8 Å². The van der Waals surface area contributed by atoms with Gasteiger partial charge in [0.1, 0.15) is 0 Å². The van der Waals surface area contributed by atoms with Crippen LogP contribution in [0.25, 0.3) is 0 Å². The first kappa shape index (κ1) is 21.0. The molecule has 3 rings (SSSR count). The molecular weight excluding hydrogens is 394 g/mol. The van der Waals surface area contributed by atoms with E-state index in [1.165, 1.54) is 6.07 Å². The van der Waals surface area contributed by atoms with Gasteiger partial charge in [0.05, 0.1) is 24.8 Å². The van der Waals surface area contributed by atoms with E-state index in [9.17, 15) is 9.59 Å². The van der Waals surface area contributed by atoms with E-state index in [0.29, 0.717) is 35.3 Å². The summed E-state index contributed by atoms with van der Waals surface area (Å²) in [4.78, 5) is 24.5. The molecule has 1 N–H and O–H groups in total. The van der Waals surface area contributed by atoms with E-state index in [-0.39, 0.29) is 24.5 Å². The number of benzene rings is 2. The number of hydrogen-bond acceptors (Lipinski definition) is 5. The zero-order valence-electron chi connectivity index (χ0n) is 16.4. The van der Waals surface area contributed by atoms with Crippen molar-refractivity contribution in [1.29, 1.82) is 0 Å². The Kier molecular flexibility index (Phi) is 6.99. The maximum Gasteiger partial charge on any atom is 0.338 e. The van der Waals surface area contributed by atoms with Crippen LogP contribution in [0.4, 0.5) is 0 Å². The number of carbonyl (C=O) groups is 2. The lowest BCUT2D eigenvalue weighted by Crippen LogP contribution is -2.35. The van der Waals surface area contributed by atoms with Crippen molar-refractivity contribution in [3.8, 4) is 11.5 Å². The second kappa shape index (κ2) is 9.65. The number of carbonyl (C=O) groups excluding carboxylic acids is 2. The molecule has 0 unspecified atom stereocenters. The average molecular weight is 418 g/mol. The van der Waals surface area contributed by atoms with Crippen molar-refractivity contribution in [2.24, 2.45) is 5.92 Å². The highest BCUT2D eigenvalue weighted by molar-refractivity contribution is 6.30. The molecule has 2 aromatic carbocycles. The van der Waals surface area contributed by atoms with E-state index in [1.807, 2.05) is 32.0 Å². The van der Waals surface area contributed by atoms with E-state index in [4.69, 9.17) is 25.8 Å². The third-order valence-electron chi connectivity index (χ3n) is 4.51. The SMILES string of the molecule is CC(C)[C@@H](NC(=O)COC(=O)c1cccc(Cl)c1)c1ccc2c(c1)OCCCO2. The van der Waals surface area contributed by atoms with Gasteiger partial charge in [-0.1, -0.05) is 37.6 Å². The number of ether oxygens (including phenoxy) is 3. The molecule has 7 heteroatoms. The van der Waals surface area contributed by atoms with Crippen LogP contribution in [-0.2, 0) is 9.53 Å². The number of rotatable bonds is 6. The quantitative estimate of drug-likeness (QED) is 0.714. The maximum absolute atomic E-state index is 12.4. The summed E-state index contributed by atoms with van der Waals surface area (Å²) < 4.78 is 16.5. The standard InChI is InChI=1S/C22H24ClNO5/c1-14(2)21(15-7-8-18-19(12-15)28-10-4-9-27-18)24-20(25)13-29-22(26)16-5-3-6-17(23)11-16/h3,5-8,11-12,14,21H,4,9-10,13H2,1-2H3,(H,24,25)/t21-/m1/s1. The summed E-state index contributed by atoms with van der Waals surface area (Å²) in [6.07, 6.45) is 0.826. The number of amides is 1. The molecule has 154 valence electrons. The van der Waals surface area contributed by atoms with Crippen LogP contribution in [0.1, 0.15) is 42.2 Å². The highest BCUT2D eigenvalue weighted by atomic mass is 35.5. The van der Waals surface area contributed by atoms with E-state index in [2.05, 4.69) is 5.32 Å². The monoisotopic (exact) mass is 417 g/mol. The molecule has 1 atom stereocenters. The topological polar surface area (TPSA) is 73.9 Å². The minimum Gasteiger partial charge on any atom is -0.490 e. The van der Waals surface area contributed by atoms with Crippen molar-refractivity contribution in [3.63, 3.8) is 0 Å². The lowest BCUT2D eigenvalue weighted by atomic mass is 9.95. The van der Waals surface area contributed by atoms with Crippen LogP contribution in [0, 0.1) is 5.92 Å². The van der Waals surface area contributed by atoms with Gasteiger partial charge in [0.25, 0.3) is 5.91 Å². The summed E-state index contributed by atoms with van der Waals surface area (Å²) in [5.41, 5.74) is 1.20. The molecular formula is C22H24ClNO5. The van der Waals surface area contributed by atoms with E-state index in [1.54, 1.807) is 18.2 Å². The number of halogens is 1. The molecule has 0 saturated heterocycles. The molecule has 0 radical (unpaired) electrons. The van der Waals surface area contributed by atoms with Gasteiger partial charge in [-0.15, -0.1) is 0 Å². The Morgan fingerprint density at radius 3 is 2.59 bits per heavy atom. The average Bonchev–Trinajstić information content (AvgIpc) is 2.94. The van der Waals surface area contributed by atoms with Crippen molar-refractivity contribution in [2.45, 2.75) is 26.3 Å².